The second-order valence-electron chi connectivity index (χ2n) is 7.64. The first kappa shape index (κ1) is 25.9. The number of carbonyl (C=O) groups excluding carboxylic acids is 1. The first-order valence-corrected chi connectivity index (χ1v) is 10.8. The number of guanidine groups is 1. The molecule has 0 unspecified atom stereocenters. The molecule has 2 aromatic carbocycles. The molecule has 32 heavy (non-hydrogen) atoms. The van der Waals surface area contributed by atoms with Crippen molar-refractivity contribution in [2.24, 2.45) is 4.99 Å². The van der Waals surface area contributed by atoms with Crippen molar-refractivity contribution in [1.82, 2.24) is 20.9 Å². The van der Waals surface area contributed by atoms with Crippen LogP contribution in [0.3, 0.4) is 0 Å². The zero-order valence-corrected chi connectivity index (χ0v) is 21.2. The lowest BCUT2D eigenvalue weighted by molar-refractivity contribution is 0.0954. The number of amides is 1. The minimum absolute atomic E-state index is 0. The summed E-state index contributed by atoms with van der Waals surface area (Å²) in [6.45, 7) is 5.24. The highest BCUT2D eigenvalue weighted by molar-refractivity contribution is 14.0. The number of ether oxygens (including phenoxy) is 1. The Balaban J connectivity index is 0.00000363. The second-order valence-corrected chi connectivity index (χ2v) is 7.64. The van der Waals surface area contributed by atoms with E-state index in [1.165, 1.54) is 37.1 Å². The number of rotatable bonds is 9. The van der Waals surface area contributed by atoms with E-state index in [1.54, 1.807) is 38.4 Å². The average Bonchev–Trinajstić information content (AvgIpc) is 3.32. The summed E-state index contributed by atoms with van der Waals surface area (Å²) >= 11 is 0. The molecule has 1 heterocycles. The molecule has 0 radical (unpaired) electrons. The maximum Gasteiger partial charge on any atom is 0.251 e. The quantitative estimate of drug-likeness (QED) is 0.193. The van der Waals surface area contributed by atoms with Crippen LogP contribution in [0.25, 0.3) is 0 Å². The van der Waals surface area contributed by atoms with Crippen LogP contribution in [-0.4, -0.2) is 57.1 Å². The summed E-state index contributed by atoms with van der Waals surface area (Å²) in [4.78, 5) is 18.9. The molecule has 3 rings (SSSR count). The number of benzene rings is 2. The summed E-state index contributed by atoms with van der Waals surface area (Å²) in [7, 11) is 3.34. The van der Waals surface area contributed by atoms with Gasteiger partial charge in [-0.15, -0.1) is 24.0 Å². The van der Waals surface area contributed by atoms with Crippen LogP contribution < -0.4 is 20.7 Å². The van der Waals surface area contributed by atoms with Crippen molar-refractivity contribution < 1.29 is 9.53 Å². The molecule has 1 amide bonds. The molecular weight excluding hydrogens is 517 g/mol. The van der Waals surface area contributed by atoms with Gasteiger partial charge in [0.1, 0.15) is 5.75 Å². The lowest BCUT2D eigenvalue weighted by atomic mass is 10.1. The molecule has 1 fully saturated rings. The lowest BCUT2D eigenvalue weighted by Crippen LogP contribution is -2.41. The molecule has 2 aromatic rings. The number of nitrogens with zero attached hydrogens (tertiary/aromatic N) is 2. The van der Waals surface area contributed by atoms with Crippen molar-refractivity contribution in [2.45, 2.75) is 25.9 Å². The Bertz CT molecular complexity index is 850. The zero-order chi connectivity index (χ0) is 21.9. The lowest BCUT2D eigenvalue weighted by Gasteiger charge is -2.15. The fraction of sp³-hybridized carbons (Fsp3) is 0.417. The summed E-state index contributed by atoms with van der Waals surface area (Å²) < 4.78 is 5.11. The largest absolute Gasteiger partial charge is 0.497 e. The van der Waals surface area contributed by atoms with Gasteiger partial charge >= 0.3 is 0 Å². The van der Waals surface area contributed by atoms with Gasteiger partial charge in [0.05, 0.1) is 7.11 Å². The van der Waals surface area contributed by atoms with Crippen LogP contribution >= 0.6 is 24.0 Å². The number of hydrogen-bond donors (Lipinski definition) is 3. The molecule has 1 aliphatic rings. The van der Waals surface area contributed by atoms with Gasteiger partial charge in [-0.1, -0.05) is 24.3 Å². The molecule has 8 heteroatoms. The van der Waals surface area contributed by atoms with Crippen molar-refractivity contribution in [3.05, 3.63) is 65.2 Å². The van der Waals surface area contributed by atoms with Gasteiger partial charge in [0.25, 0.3) is 5.91 Å². The van der Waals surface area contributed by atoms with Gasteiger partial charge in [0, 0.05) is 38.8 Å². The minimum atomic E-state index is -0.110. The van der Waals surface area contributed by atoms with E-state index in [0.29, 0.717) is 31.2 Å². The molecule has 0 saturated carbocycles. The van der Waals surface area contributed by atoms with E-state index in [4.69, 9.17) is 4.74 Å². The highest BCUT2D eigenvalue weighted by Gasteiger charge is 2.11. The van der Waals surface area contributed by atoms with Crippen LogP contribution in [0.4, 0.5) is 0 Å². The van der Waals surface area contributed by atoms with Crippen LogP contribution in [0.5, 0.6) is 5.75 Å². The Morgan fingerprint density at radius 3 is 2.19 bits per heavy atom. The summed E-state index contributed by atoms with van der Waals surface area (Å²) in [5.74, 6) is 1.33. The van der Waals surface area contributed by atoms with E-state index in [-0.39, 0.29) is 29.9 Å². The van der Waals surface area contributed by atoms with Crippen molar-refractivity contribution in [1.29, 1.82) is 0 Å². The van der Waals surface area contributed by atoms with Gasteiger partial charge in [0.2, 0.25) is 0 Å². The van der Waals surface area contributed by atoms with Crippen molar-refractivity contribution in [3.63, 3.8) is 0 Å². The Hall–Kier alpha value is -2.33. The number of methoxy groups -OCH3 is 1. The molecule has 0 aromatic heterocycles. The van der Waals surface area contributed by atoms with E-state index >= 15 is 0 Å². The van der Waals surface area contributed by atoms with Gasteiger partial charge in [-0.05, 0) is 61.3 Å². The normalized spacial score (nSPS) is 13.9. The SMILES string of the molecule is CN=C(NCCNC(=O)c1ccc(OC)cc1)NCc1ccc(CN2CCCC2)cc1.I. The van der Waals surface area contributed by atoms with Gasteiger partial charge in [-0.25, -0.2) is 0 Å². The van der Waals surface area contributed by atoms with Crippen LogP contribution in [0.15, 0.2) is 53.5 Å². The standard InChI is InChI=1S/C24H33N5O2.HI/c1-25-24(27-14-13-26-23(30)21-9-11-22(31-2)12-10-21)28-17-19-5-7-20(8-6-19)18-29-15-3-4-16-29;/h5-12H,3-4,13-18H2,1-2H3,(H,26,30)(H2,25,27,28);1H. The first-order chi connectivity index (χ1) is 15.2. The number of carbonyl (C=O) groups is 1. The molecule has 1 aliphatic heterocycles. The Kier molecular flexibility index (Phi) is 11.3. The van der Waals surface area contributed by atoms with Crippen LogP contribution in [0.1, 0.15) is 34.3 Å². The molecule has 7 nitrogen and oxygen atoms in total. The van der Waals surface area contributed by atoms with E-state index in [1.807, 2.05) is 0 Å². The third-order valence-electron chi connectivity index (χ3n) is 5.37. The van der Waals surface area contributed by atoms with E-state index in [2.05, 4.69) is 50.1 Å². The highest BCUT2D eigenvalue weighted by atomic mass is 127. The van der Waals surface area contributed by atoms with Gasteiger partial charge in [-0.3, -0.25) is 14.7 Å². The minimum Gasteiger partial charge on any atom is -0.497 e. The van der Waals surface area contributed by atoms with Crippen molar-refractivity contribution in [2.75, 3.05) is 40.3 Å². The summed E-state index contributed by atoms with van der Waals surface area (Å²) in [6.07, 6.45) is 2.64. The Labute approximate surface area is 208 Å². The predicted octanol–water partition coefficient (Wildman–Crippen LogP) is 3.00. The fourth-order valence-electron chi connectivity index (χ4n) is 3.57. The topological polar surface area (TPSA) is 78.0 Å². The van der Waals surface area contributed by atoms with Crippen LogP contribution in [0.2, 0.25) is 0 Å². The number of halogens is 1. The van der Waals surface area contributed by atoms with Gasteiger partial charge < -0.3 is 20.7 Å². The van der Waals surface area contributed by atoms with Crippen LogP contribution in [0, 0.1) is 0 Å². The van der Waals surface area contributed by atoms with Gasteiger partial charge in [-0.2, -0.15) is 0 Å². The predicted molar refractivity (Wildman–Crippen MR) is 140 cm³/mol. The Morgan fingerprint density at radius 1 is 0.938 bits per heavy atom. The number of nitrogens with one attached hydrogen (secondary N) is 3. The molecular formula is C24H34IN5O2. The first-order valence-electron chi connectivity index (χ1n) is 10.8. The molecule has 174 valence electrons. The molecule has 0 bridgehead atoms. The molecule has 1 saturated heterocycles. The molecule has 3 N–H and O–H groups in total. The van der Waals surface area contributed by atoms with Crippen molar-refractivity contribution >= 4 is 35.8 Å². The zero-order valence-electron chi connectivity index (χ0n) is 18.9. The van der Waals surface area contributed by atoms with Crippen molar-refractivity contribution in [3.8, 4) is 5.75 Å². The maximum absolute atomic E-state index is 12.2. The summed E-state index contributed by atoms with van der Waals surface area (Å²) in [6, 6.07) is 15.8. The Morgan fingerprint density at radius 2 is 1.56 bits per heavy atom. The molecule has 0 spiro atoms. The number of aliphatic imine (C=N–C) groups is 1. The fourth-order valence-corrected chi connectivity index (χ4v) is 3.57. The number of likely N-dealkylation sites (tertiary alicyclic amines) is 1. The third kappa shape index (κ3) is 8.31. The third-order valence-corrected chi connectivity index (χ3v) is 5.37. The smallest absolute Gasteiger partial charge is 0.251 e. The summed E-state index contributed by atoms with van der Waals surface area (Å²) in [5.41, 5.74) is 3.18. The van der Waals surface area contributed by atoms with E-state index in [0.717, 1.165) is 12.3 Å². The van der Waals surface area contributed by atoms with Gasteiger partial charge in [0.15, 0.2) is 5.96 Å². The van der Waals surface area contributed by atoms with E-state index in [9.17, 15) is 4.79 Å². The highest BCUT2D eigenvalue weighted by Crippen LogP contribution is 2.13. The average molecular weight is 551 g/mol. The maximum atomic E-state index is 12.2. The summed E-state index contributed by atoms with van der Waals surface area (Å²) in [5, 5.41) is 9.43. The van der Waals surface area contributed by atoms with Crippen LogP contribution in [-0.2, 0) is 13.1 Å². The van der Waals surface area contributed by atoms with E-state index < -0.39 is 0 Å². The molecule has 0 aliphatic carbocycles. The number of hydrogen-bond acceptors (Lipinski definition) is 4. The monoisotopic (exact) mass is 551 g/mol. The molecule has 0 atom stereocenters. The second kappa shape index (κ2) is 13.9.